The molecule has 0 aliphatic rings. The molecule has 0 saturated heterocycles. The molecule has 0 unspecified atom stereocenters. The first-order chi connectivity index (χ1) is 20.2. The number of hydrogen-bond acceptors (Lipinski definition) is 4. The van der Waals surface area contributed by atoms with Crippen LogP contribution >= 0.6 is 23.2 Å². The molecule has 0 aliphatic carbocycles. The van der Waals surface area contributed by atoms with Gasteiger partial charge >= 0.3 is 6.18 Å². The minimum Gasteiger partial charge on any atom is -0.352 e. The first-order valence-corrected chi connectivity index (χ1v) is 15.7. The van der Waals surface area contributed by atoms with Crippen molar-refractivity contribution in [3.63, 3.8) is 0 Å². The van der Waals surface area contributed by atoms with Gasteiger partial charge in [-0.1, -0.05) is 67.4 Å². The summed E-state index contributed by atoms with van der Waals surface area (Å²) in [5, 5.41) is 2.99. The minimum absolute atomic E-state index is 0.0992. The van der Waals surface area contributed by atoms with Gasteiger partial charge in [-0.3, -0.25) is 13.9 Å². The van der Waals surface area contributed by atoms with E-state index in [9.17, 15) is 31.2 Å². The number of hydrogen-bond donors (Lipinski definition) is 1. The second-order valence-electron chi connectivity index (χ2n) is 9.88. The van der Waals surface area contributed by atoms with Crippen LogP contribution in [0.1, 0.15) is 44.7 Å². The second kappa shape index (κ2) is 14.5. The summed E-state index contributed by atoms with van der Waals surface area (Å²) >= 11 is 12.3. The summed E-state index contributed by atoms with van der Waals surface area (Å²) in [7, 11) is -4.61. The molecule has 3 aromatic carbocycles. The predicted octanol–water partition coefficient (Wildman–Crippen LogP) is 6.93. The van der Waals surface area contributed by atoms with Crippen molar-refractivity contribution < 1.29 is 31.2 Å². The lowest BCUT2D eigenvalue weighted by molar-refractivity contribution is -0.140. The van der Waals surface area contributed by atoms with Crippen molar-refractivity contribution >= 4 is 50.7 Å². The van der Waals surface area contributed by atoms with Gasteiger partial charge in [0.05, 0.1) is 21.2 Å². The van der Waals surface area contributed by atoms with E-state index in [1.165, 1.54) is 29.2 Å². The van der Waals surface area contributed by atoms with Gasteiger partial charge in [0, 0.05) is 17.6 Å². The van der Waals surface area contributed by atoms with Gasteiger partial charge in [-0.05, 0) is 67.8 Å². The van der Waals surface area contributed by atoms with E-state index in [1.54, 1.807) is 44.2 Å². The second-order valence-corrected chi connectivity index (χ2v) is 12.6. The summed E-state index contributed by atoms with van der Waals surface area (Å²) in [5.41, 5.74) is -1.08. The van der Waals surface area contributed by atoms with Crippen LogP contribution in [0.4, 0.5) is 18.9 Å². The predicted molar refractivity (Wildman–Crippen MR) is 161 cm³/mol. The molecule has 1 N–H and O–H groups in total. The number of carbonyl (C=O) groups is 2. The van der Waals surface area contributed by atoms with E-state index >= 15 is 0 Å². The molecule has 43 heavy (non-hydrogen) atoms. The summed E-state index contributed by atoms with van der Waals surface area (Å²) in [5.74, 6) is -1.28. The molecule has 0 aromatic heterocycles. The number of amides is 2. The molecule has 0 saturated carbocycles. The Balaban J connectivity index is 2.15. The van der Waals surface area contributed by atoms with Crippen molar-refractivity contribution in [2.45, 2.75) is 63.3 Å². The summed E-state index contributed by atoms with van der Waals surface area (Å²) in [6, 6.07) is 14.5. The van der Waals surface area contributed by atoms with Gasteiger partial charge < -0.3 is 10.2 Å². The quantitative estimate of drug-likeness (QED) is 0.229. The van der Waals surface area contributed by atoms with Crippen LogP contribution in [0.2, 0.25) is 10.0 Å². The smallest absolute Gasteiger partial charge is 0.352 e. The van der Waals surface area contributed by atoms with Gasteiger partial charge in [-0.25, -0.2) is 8.42 Å². The molecule has 3 rings (SSSR count). The zero-order chi connectivity index (χ0) is 31.9. The van der Waals surface area contributed by atoms with Crippen molar-refractivity contribution in [1.82, 2.24) is 10.2 Å². The monoisotopic (exact) mass is 657 g/mol. The van der Waals surface area contributed by atoms with Gasteiger partial charge in [0.1, 0.15) is 12.6 Å². The number of benzene rings is 3. The van der Waals surface area contributed by atoms with E-state index in [4.69, 9.17) is 23.2 Å². The molecular formula is C30H32Cl2F3N3O4S. The molecule has 0 radical (unpaired) electrons. The van der Waals surface area contributed by atoms with Crippen LogP contribution < -0.4 is 9.62 Å². The van der Waals surface area contributed by atoms with E-state index in [-0.39, 0.29) is 28.9 Å². The lowest BCUT2D eigenvalue weighted by atomic mass is 10.1. The molecule has 0 bridgehead atoms. The Morgan fingerprint density at radius 2 is 1.56 bits per heavy atom. The number of anilines is 1. The maximum Gasteiger partial charge on any atom is 0.416 e. The highest BCUT2D eigenvalue weighted by Gasteiger charge is 2.37. The topological polar surface area (TPSA) is 86.8 Å². The van der Waals surface area contributed by atoms with Crippen LogP contribution in [0.3, 0.4) is 0 Å². The zero-order valence-electron chi connectivity index (χ0n) is 23.7. The number of alkyl halides is 3. The van der Waals surface area contributed by atoms with Gasteiger partial charge in [0.15, 0.2) is 0 Å². The summed E-state index contributed by atoms with van der Waals surface area (Å²) < 4.78 is 69.3. The molecule has 0 spiro atoms. The average Bonchev–Trinajstić information content (AvgIpc) is 2.96. The largest absolute Gasteiger partial charge is 0.416 e. The van der Waals surface area contributed by atoms with Crippen molar-refractivity contribution in [2.24, 2.45) is 0 Å². The fraction of sp³-hybridized carbons (Fsp3) is 0.333. The summed E-state index contributed by atoms with van der Waals surface area (Å²) in [6.45, 7) is 4.36. The Morgan fingerprint density at radius 1 is 0.930 bits per heavy atom. The normalized spacial score (nSPS) is 13.2. The Morgan fingerprint density at radius 3 is 2.12 bits per heavy atom. The zero-order valence-corrected chi connectivity index (χ0v) is 26.1. The molecule has 7 nitrogen and oxygen atoms in total. The van der Waals surface area contributed by atoms with Crippen molar-refractivity contribution in [3.8, 4) is 0 Å². The van der Waals surface area contributed by atoms with Gasteiger partial charge in [0.2, 0.25) is 11.8 Å². The fourth-order valence-corrected chi connectivity index (χ4v) is 6.10. The van der Waals surface area contributed by atoms with Crippen LogP contribution in [-0.2, 0) is 32.3 Å². The van der Waals surface area contributed by atoms with Gasteiger partial charge in [-0.15, -0.1) is 0 Å². The Bertz CT molecular complexity index is 1520. The third kappa shape index (κ3) is 8.64. The summed E-state index contributed by atoms with van der Waals surface area (Å²) in [4.78, 5) is 28.3. The number of rotatable bonds is 12. The summed E-state index contributed by atoms with van der Waals surface area (Å²) in [6.07, 6.45) is -4.00. The standard InChI is InChI=1S/C30H32Cl2F3N3O4S/c1-4-20(3)36-29(40)26(5-2)37(18-21-11-14-23(31)15-12-21)28(39)19-38(43(41,42)24-9-7-6-8-10-24)27-17-22(30(33,34)35)13-16-25(27)32/h6-17,20,26H,4-5,18-19H2,1-3H3,(H,36,40)/t20-,26+/m0/s1. The van der Waals surface area contributed by atoms with E-state index < -0.39 is 51.9 Å². The number of sulfonamides is 1. The third-order valence-electron chi connectivity index (χ3n) is 6.81. The number of nitrogens with one attached hydrogen (secondary N) is 1. The molecule has 2 amide bonds. The van der Waals surface area contributed by atoms with Crippen LogP contribution in [0, 0.1) is 0 Å². The lowest BCUT2D eigenvalue weighted by Gasteiger charge is -2.34. The first-order valence-electron chi connectivity index (χ1n) is 13.5. The third-order valence-corrected chi connectivity index (χ3v) is 9.15. The van der Waals surface area contributed by atoms with E-state index in [0.717, 1.165) is 12.1 Å². The van der Waals surface area contributed by atoms with E-state index in [1.807, 2.05) is 6.92 Å². The lowest BCUT2D eigenvalue weighted by Crippen LogP contribution is -2.53. The van der Waals surface area contributed by atoms with Crippen LogP contribution in [0.15, 0.2) is 77.7 Å². The van der Waals surface area contributed by atoms with E-state index in [0.29, 0.717) is 27.4 Å². The molecule has 0 aliphatic heterocycles. The molecule has 232 valence electrons. The Kier molecular flexibility index (Phi) is 11.5. The molecule has 3 aromatic rings. The molecule has 13 heteroatoms. The highest BCUT2D eigenvalue weighted by molar-refractivity contribution is 7.92. The number of carbonyl (C=O) groups excluding carboxylic acids is 2. The number of halogens is 5. The molecular weight excluding hydrogens is 626 g/mol. The first kappa shape index (κ1) is 34.2. The fourth-order valence-electron chi connectivity index (χ4n) is 4.26. The minimum atomic E-state index is -4.81. The van der Waals surface area contributed by atoms with Gasteiger partial charge in [0.25, 0.3) is 10.0 Å². The van der Waals surface area contributed by atoms with E-state index in [2.05, 4.69) is 5.32 Å². The van der Waals surface area contributed by atoms with Gasteiger partial charge in [-0.2, -0.15) is 13.2 Å². The highest BCUT2D eigenvalue weighted by atomic mass is 35.5. The Hall–Kier alpha value is -3.28. The molecule has 2 atom stereocenters. The molecule has 0 fully saturated rings. The maximum absolute atomic E-state index is 14.1. The van der Waals surface area contributed by atoms with Crippen molar-refractivity contribution in [3.05, 3.63) is 94.0 Å². The Labute approximate surface area is 259 Å². The van der Waals surface area contributed by atoms with Crippen LogP contribution in [0.5, 0.6) is 0 Å². The SMILES string of the molecule is CC[C@H](C(=O)N[C@@H](C)CC)N(Cc1ccc(Cl)cc1)C(=O)CN(c1cc(C(F)(F)F)ccc1Cl)S(=O)(=O)c1ccccc1. The number of nitrogens with zero attached hydrogens (tertiary/aromatic N) is 2. The van der Waals surface area contributed by atoms with Crippen LogP contribution in [-0.4, -0.2) is 43.8 Å². The van der Waals surface area contributed by atoms with Crippen molar-refractivity contribution in [2.75, 3.05) is 10.8 Å². The van der Waals surface area contributed by atoms with Crippen molar-refractivity contribution in [1.29, 1.82) is 0 Å². The maximum atomic E-state index is 14.1. The molecule has 0 heterocycles. The van der Waals surface area contributed by atoms with Crippen LogP contribution in [0.25, 0.3) is 0 Å². The average molecular weight is 659 g/mol. The highest BCUT2D eigenvalue weighted by Crippen LogP contribution is 2.37.